The van der Waals surface area contributed by atoms with E-state index in [2.05, 4.69) is 125 Å². The highest BCUT2D eigenvalue weighted by Gasteiger charge is 2.40. The van der Waals surface area contributed by atoms with Crippen LogP contribution in [0.3, 0.4) is 0 Å². The largest absolute Gasteiger partial charge is 0.472 e. The van der Waals surface area contributed by atoms with Crippen LogP contribution >= 0.6 is 50.0 Å². The third-order valence-corrected chi connectivity index (χ3v) is 34.9. The Morgan fingerprint density at radius 3 is 0.797 bits per heavy atom. The van der Waals surface area contributed by atoms with E-state index in [4.69, 9.17) is 46.5 Å². The summed E-state index contributed by atoms with van der Waals surface area (Å²) in [5.74, 6) is -0.234. The Bertz CT molecular complexity index is 2280. The summed E-state index contributed by atoms with van der Waals surface area (Å²) in [5.41, 5.74) is 0.0536. The Balaban J connectivity index is 8.57. The second-order valence-corrected chi connectivity index (χ2v) is 46.9. The fourth-order valence-electron chi connectivity index (χ4n) is 18.3. The molecule has 22 heteroatoms. The number of alkyl halides is 1. The molecule has 0 heterocycles. The zero-order valence-corrected chi connectivity index (χ0v) is 90.0. The second-order valence-electron chi connectivity index (χ2n) is 38.6. The monoisotopic (exact) mass is 1870 g/mol. The van der Waals surface area contributed by atoms with E-state index in [-0.39, 0.29) is 93.7 Å². The normalized spacial score (nSPS) is 15.8. The van der Waals surface area contributed by atoms with Crippen molar-refractivity contribution in [2.45, 2.75) is 507 Å². The van der Waals surface area contributed by atoms with Crippen LogP contribution in [0.15, 0.2) is 0 Å². The number of halogens is 1. The average Bonchev–Trinajstić information content (AvgIpc) is 0.789. The van der Waals surface area contributed by atoms with Gasteiger partial charge in [0, 0.05) is 0 Å². The van der Waals surface area contributed by atoms with Gasteiger partial charge >= 0.3 is 15.6 Å². The van der Waals surface area contributed by atoms with Gasteiger partial charge < -0.3 is 43.3 Å². The molecule has 0 saturated heterocycles. The van der Waals surface area contributed by atoms with Crippen LogP contribution in [0.1, 0.15) is 471 Å². The minimum Gasteiger partial charge on any atom is -0.388 e. The van der Waals surface area contributed by atoms with Gasteiger partial charge in [-0.05, 0) is 179 Å². The molecule has 0 rings (SSSR count). The number of aliphatic hydroxyl groups is 1. The molecule has 0 aliphatic carbocycles. The van der Waals surface area contributed by atoms with Gasteiger partial charge in [-0.15, -0.1) is 8.58 Å². The fourth-order valence-corrected chi connectivity index (χ4v) is 26.1. The van der Waals surface area contributed by atoms with E-state index < -0.39 is 47.2 Å². The summed E-state index contributed by atoms with van der Waals surface area (Å²) in [6, 6.07) is 0. The lowest BCUT2D eigenvalue weighted by Gasteiger charge is -2.37. The summed E-state index contributed by atoms with van der Waals surface area (Å²) in [6.07, 6.45) is 59.5. The van der Waals surface area contributed by atoms with Crippen molar-refractivity contribution in [1.82, 2.24) is 0 Å². The van der Waals surface area contributed by atoms with Gasteiger partial charge in [-0.2, -0.15) is 0 Å². The van der Waals surface area contributed by atoms with Crippen molar-refractivity contribution in [2.24, 2.45) is 32.5 Å². The predicted molar refractivity (Wildman–Crippen MR) is 539 cm³/mol. The number of hydrogen-bond acceptors (Lipinski definition) is 13. The summed E-state index contributed by atoms with van der Waals surface area (Å²) in [6.45, 7) is 43.0. The highest BCUT2D eigenvalue weighted by atomic mass is 31.2. The molecular weight excluding hydrogens is 1660 g/mol. The van der Waals surface area contributed by atoms with E-state index >= 15 is 4.57 Å². The Morgan fingerprint density at radius 1 is 0.268 bits per heavy atom. The first-order valence-corrected chi connectivity index (χ1v) is 60.8. The van der Waals surface area contributed by atoms with E-state index in [0.29, 0.717) is 49.8 Å². The van der Waals surface area contributed by atoms with Crippen LogP contribution in [0.25, 0.3) is 0 Å². The maximum absolute atomic E-state index is 15.3. The highest BCUT2D eigenvalue weighted by molar-refractivity contribution is 7.48. The van der Waals surface area contributed by atoms with Gasteiger partial charge in [-0.25, -0.2) is 13.5 Å². The molecule has 0 aliphatic heterocycles. The van der Waals surface area contributed by atoms with E-state index in [1.54, 1.807) is 0 Å². The number of unbranched alkanes of at least 4 members (excludes halogenated alkanes) is 18. The van der Waals surface area contributed by atoms with Crippen LogP contribution in [-0.2, 0) is 55.6 Å². The summed E-state index contributed by atoms with van der Waals surface area (Å²) in [5, 5.41) is 11.4. The fraction of sp³-hybridized carbons (Fsp3) is 1.00. The van der Waals surface area contributed by atoms with Gasteiger partial charge in [0.2, 0.25) is 0 Å². The second kappa shape index (κ2) is 79.8. The molecule has 0 aromatic rings. The van der Waals surface area contributed by atoms with E-state index in [1.165, 1.54) is 77.0 Å². The van der Waals surface area contributed by atoms with Crippen molar-refractivity contribution in [1.29, 1.82) is 0 Å². The van der Waals surface area contributed by atoms with Gasteiger partial charge in [-0.3, -0.25) is 18.1 Å². The zero-order chi connectivity index (χ0) is 91.6. The molecule has 12 atom stereocenters. The van der Waals surface area contributed by atoms with Gasteiger partial charge in [0.25, 0.3) is 0 Å². The lowest BCUT2D eigenvalue weighted by atomic mass is 9.75. The smallest absolute Gasteiger partial charge is 0.388 e. The topological polar surface area (TPSA) is 187 Å². The third-order valence-electron chi connectivity index (χ3n) is 26.7. The van der Waals surface area contributed by atoms with Gasteiger partial charge in [0.05, 0.1) is 96.6 Å². The molecule has 12 unspecified atom stereocenters. The molecule has 3 N–H and O–H groups in total. The van der Waals surface area contributed by atoms with Crippen molar-refractivity contribution in [3.8, 4) is 0 Å². The number of phosphoric ester groups is 2. The minimum atomic E-state index is -5.04. The first kappa shape index (κ1) is 125. The van der Waals surface area contributed by atoms with E-state index in [1.807, 2.05) is 0 Å². The van der Waals surface area contributed by atoms with E-state index in [0.717, 1.165) is 308 Å². The summed E-state index contributed by atoms with van der Waals surface area (Å²) < 4.78 is 111. The van der Waals surface area contributed by atoms with E-state index in [9.17, 15) is 23.8 Å². The van der Waals surface area contributed by atoms with Crippen LogP contribution in [-0.4, -0.2) is 161 Å². The SMILES string of the molecule is CCCCC(CCCC)(CCCC)COCC(O)COP(=O)(O)OC(COCC(CCCC)(CCCC)CCCC)COP(=O)(O)OC(COCC(CCCC)(CCCC)CCCC)CPC(CPC(CPCC(CPCF)OCC(CCCC)(CCCC)CCCC)OCC(CCCC)(CCCC)CCCC)OCC(CCCC)(CCCC)CCCC. The molecule has 0 bridgehead atoms. The third kappa shape index (κ3) is 61.3. The van der Waals surface area contributed by atoms with Crippen molar-refractivity contribution >= 4 is 50.0 Å². The van der Waals surface area contributed by atoms with Gasteiger partial charge in [0.1, 0.15) is 18.6 Å². The van der Waals surface area contributed by atoms with Crippen LogP contribution in [0, 0.1) is 32.5 Å². The van der Waals surface area contributed by atoms with Crippen molar-refractivity contribution in [3.05, 3.63) is 0 Å². The summed E-state index contributed by atoms with van der Waals surface area (Å²) >= 11 is 0. The summed E-state index contributed by atoms with van der Waals surface area (Å²) in [4.78, 5) is 24.2. The molecule has 0 aromatic heterocycles. The molecule has 740 valence electrons. The zero-order valence-electron chi connectivity index (χ0n) is 84.2. The average molecular weight is 1870 g/mol. The maximum Gasteiger partial charge on any atom is 0.472 e. The standard InChI is InChI=1S/C101H209FO15P6/c1-19-37-55-96(56-38-20-2,57-39-21-3)83-108-73-90(103)74-114-122(104,105)116-91(75-109-84-97(58-40-22-4,59-41-23-5)60-42-24-6)77-115-123(106,107)117-92(76-110-85-98(61-43-25-7,62-44-26-8)63-45-27-9)80-120-95(113-88-101(70-52-34-16,71-53-35-17)72-54-36-18)82-121-94(112-87-100(67-49-31-13,68-50-32-14)69-51-33-15)81-118-78-93(79-119-89-102)111-86-99(64-46-28-10,65-47-29-11)66-48-30-12/h90-95,103,118-121H,19-89H2,1-18H3,(H,104,105)(H,106,107). The number of aliphatic hydroxyl groups excluding tert-OH is 1. The van der Waals surface area contributed by atoms with Crippen molar-refractivity contribution in [3.63, 3.8) is 0 Å². The first-order valence-electron chi connectivity index (χ1n) is 52.4. The van der Waals surface area contributed by atoms with Crippen molar-refractivity contribution < 1.29 is 74.9 Å². The number of ether oxygens (including phenoxy) is 6. The first-order chi connectivity index (χ1) is 59.4. The highest BCUT2D eigenvalue weighted by Crippen LogP contribution is 2.51. The molecule has 0 radical (unpaired) electrons. The molecule has 0 aromatic carbocycles. The molecule has 15 nitrogen and oxygen atoms in total. The molecule has 0 fully saturated rings. The predicted octanol–water partition coefficient (Wildman–Crippen LogP) is 32.5. The Morgan fingerprint density at radius 2 is 0.504 bits per heavy atom. The lowest BCUT2D eigenvalue weighted by molar-refractivity contribution is -0.0507. The maximum atomic E-state index is 15.3. The molecule has 123 heavy (non-hydrogen) atoms. The molecule has 0 saturated carbocycles. The number of rotatable bonds is 98. The Hall–Kier alpha value is 1.59. The summed E-state index contributed by atoms with van der Waals surface area (Å²) in [7, 11) is -8.65. The van der Waals surface area contributed by atoms with Gasteiger partial charge in [0.15, 0.2) is 0 Å². The molecule has 0 aliphatic rings. The van der Waals surface area contributed by atoms with Gasteiger partial charge in [-0.1, -0.05) is 382 Å². The minimum absolute atomic E-state index is 0.000105. The van der Waals surface area contributed by atoms with Crippen molar-refractivity contribution in [2.75, 3.05) is 110 Å². The van der Waals surface area contributed by atoms with Crippen LogP contribution in [0.5, 0.6) is 0 Å². The lowest BCUT2D eigenvalue weighted by Crippen LogP contribution is -2.33. The van der Waals surface area contributed by atoms with Crippen LogP contribution in [0.4, 0.5) is 4.39 Å². The molecular formula is C101H209FO15P6. The quantitative estimate of drug-likeness (QED) is 0.0488. The van der Waals surface area contributed by atoms with Crippen LogP contribution in [0.2, 0.25) is 0 Å². The number of phosphoric acid groups is 2. The Labute approximate surface area is 770 Å². The number of hydrogen-bond donors (Lipinski definition) is 3. The Kier molecular flexibility index (Phi) is 80.8. The molecule has 0 spiro atoms. The van der Waals surface area contributed by atoms with Crippen LogP contribution < -0.4 is 0 Å². The molecule has 0 amide bonds.